The van der Waals surface area contributed by atoms with Crippen molar-refractivity contribution < 1.29 is 0 Å². The summed E-state index contributed by atoms with van der Waals surface area (Å²) in [4.78, 5) is 1.04. The third-order valence-corrected chi connectivity index (χ3v) is 4.83. The minimum absolute atomic E-state index is 0.643. The maximum atomic E-state index is 9.08. The number of rotatable bonds is 2. The smallest absolute Gasteiger partial charge is 0.100 e. The topological polar surface area (TPSA) is 23.8 Å². The summed E-state index contributed by atoms with van der Waals surface area (Å²) in [6, 6.07) is 7.77. The van der Waals surface area contributed by atoms with E-state index in [1.54, 1.807) is 6.07 Å². The monoisotopic (exact) mass is 265 g/mol. The lowest BCUT2D eigenvalue weighted by Gasteiger charge is -2.26. The largest absolute Gasteiger partial charge is 0.192 e. The van der Waals surface area contributed by atoms with Gasteiger partial charge in [0.1, 0.15) is 6.07 Å². The van der Waals surface area contributed by atoms with E-state index in [9.17, 15) is 0 Å². The summed E-state index contributed by atoms with van der Waals surface area (Å²) in [5.41, 5.74) is 0.748. The first-order valence-corrected chi connectivity index (χ1v) is 7.31. The van der Waals surface area contributed by atoms with E-state index in [0.717, 1.165) is 21.4 Å². The van der Waals surface area contributed by atoms with E-state index in [-0.39, 0.29) is 0 Å². The first-order chi connectivity index (χ1) is 8.19. The Kier molecular flexibility index (Phi) is 4.36. The van der Waals surface area contributed by atoms with Crippen LogP contribution in [0.1, 0.15) is 38.2 Å². The van der Waals surface area contributed by atoms with E-state index in [4.69, 9.17) is 16.9 Å². The Morgan fingerprint density at radius 1 is 1.41 bits per heavy atom. The highest BCUT2D eigenvalue weighted by molar-refractivity contribution is 8.00. The minimum Gasteiger partial charge on any atom is -0.192 e. The fourth-order valence-corrected chi connectivity index (χ4v) is 4.09. The molecule has 2 unspecified atom stereocenters. The van der Waals surface area contributed by atoms with Gasteiger partial charge in [-0.25, -0.2) is 0 Å². The van der Waals surface area contributed by atoms with Gasteiger partial charge in [0.05, 0.1) is 5.56 Å². The number of benzene rings is 1. The number of hydrogen-bond donors (Lipinski definition) is 0. The molecule has 1 nitrogen and oxygen atoms in total. The van der Waals surface area contributed by atoms with E-state index in [1.807, 2.05) is 23.9 Å². The highest BCUT2D eigenvalue weighted by Gasteiger charge is 2.20. The lowest BCUT2D eigenvalue weighted by molar-refractivity contribution is 0.394. The second-order valence-electron chi connectivity index (χ2n) is 4.76. The lowest BCUT2D eigenvalue weighted by Crippen LogP contribution is -2.15. The number of thioether (sulfide) groups is 1. The second kappa shape index (κ2) is 5.80. The highest BCUT2D eigenvalue weighted by Crippen LogP contribution is 2.38. The molecule has 0 aliphatic heterocycles. The highest BCUT2D eigenvalue weighted by atomic mass is 35.5. The van der Waals surface area contributed by atoms with Gasteiger partial charge in [-0.3, -0.25) is 0 Å². The quantitative estimate of drug-likeness (QED) is 0.761. The zero-order valence-electron chi connectivity index (χ0n) is 9.95. The number of nitriles is 1. The molecule has 2 rings (SSSR count). The molecule has 1 fully saturated rings. The summed E-state index contributed by atoms with van der Waals surface area (Å²) in [5.74, 6) is 0.811. The van der Waals surface area contributed by atoms with Crippen LogP contribution in [0.2, 0.25) is 5.02 Å². The Bertz CT molecular complexity index is 438. The molecule has 17 heavy (non-hydrogen) atoms. The van der Waals surface area contributed by atoms with Gasteiger partial charge in [-0.15, -0.1) is 11.8 Å². The molecule has 0 amide bonds. The van der Waals surface area contributed by atoms with Crippen LogP contribution in [-0.2, 0) is 0 Å². The summed E-state index contributed by atoms with van der Waals surface area (Å²) in [5, 5.41) is 10.4. The Morgan fingerprint density at radius 2 is 2.24 bits per heavy atom. The zero-order valence-corrected chi connectivity index (χ0v) is 11.5. The van der Waals surface area contributed by atoms with Crippen molar-refractivity contribution >= 4 is 23.4 Å². The molecule has 0 N–H and O–H groups in total. The summed E-state index contributed by atoms with van der Waals surface area (Å²) in [6.07, 6.45) is 5.16. The summed E-state index contributed by atoms with van der Waals surface area (Å²) < 4.78 is 0. The third-order valence-electron chi connectivity index (χ3n) is 3.25. The van der Waals surface area contributed by atoms with Gasteiger partial charge < -0.3 is 0 Å². The molecule has 90 valence electrons. The van der Waals surface area contributed by atoms with Crippen LogP contribution in [0.15, 0.2) is 23.1 Å². The van der Waals surface area contributed by atoms with Crippen LogP contribution in [-0.4, -0.2) is 5.25 Å². The van der Waals surface area contributed by atoms with Gasteiger partial charge in [0.2, 0.25) is 0 Å². The molecule has 1 aromatic rings. The van der Waals surface area contributed by atoms with Crippen LogP contribution in [0.3, 0.4) is 0 Å². The maximum absolute atomic E-state index is 9.08. The standard InChI is InChI=1S/C14H16ClNS/c1-10-3-2-4-13(7-10)17-14-8-12(15)6-5-11(14)9-16/h5-6,8,10,13H,2-4,7H2,1H3. The van der Waals surface area contributed by atoms with Crippen LogP contribution in [0.25, 0.3) is 0 Å². The van der Waals surface area contributed by atoms with Crippen molar-refractivity contribution in [2.75, 3.05) is 0 Å². The molecule has 1 aromatic carbocycles. The fraction of sp³-hybridized carbons (Fsp3) is 0.500. The van der Waals surface area contributed by atoms with E-state index >= 15 is 0 Å². The van der Waals surface area contributed by atoms with Gasteiger partial charge in [-0.2, -0.15) is 5.26 Å². The van der Waals surface area contributed by atoms with Gasteiger partial charge in [-0.1, -0.05) is 31.4 Å². The van der Waals surface area contributed by atoms with Crippen LogP contribution in [0.5, 0.6) is 0 Å². The first-order valence-electron chi connectivity index (χ1n) is 6.05. The molecule has 2 atom stereocenters. The minimum atomic E-state index is 0.643. The molecule has 0 spiro atoms. The van der Waals surface area contributed by atoms with Crippen molar-refractivity contribution in [1.82, 2.24) is 0 Å². The van der Waals surface area contributed by atoms with Crippen molar-refractivity contribution in [1.29, 1.82) is 5.26 Å². The SMILES string of the molecule is CC1CCCC(Sc2cc(Cl)ccc2C#N)C1. The summed E-state index contributed by atoms with van der Waals surface area (Å²) >= 11 is 7.82. The van der Waals surface area contributed by atoms with Gasteiger partial charge in [-0.05, 0) is 37.0 Å². The molecule has 1 saturated carbocycles. The molecule has 0 bridgehead atoms. The number of hydrogen-bond acceptors (Lipinski definition) is 2. The Hall–Kier alpha value is -0.650. The Morgan fingerprint density at radius 3 is 2.94 bits per heavy atom. The fourth-order valence-electron chi connectivity index (χ4n) is 2.35. The number of halogens is 1. The Balaban J connectivity index is 2.12. The van der Waals surface area contributed by atoms with Gasteiger partial charge in [0.15, 0.2) is 0 Å². The Labute approximate surface area is 112 Å². The van der Waals surface area contributed by atoms with Crippen molar-refractivity contribution in [3.8, 4) is 6.07 Å². The third kappa shape index (κ3) is 3.40. The summed E-state index contributed by atoms with van der Waals surface area (Å²) in [7, 11) is 0. The average molecular weight is 266 g/mol. The number of nitrogens with zero attached hydrogens (tertiary/aromatic N) is 1. The zero-order chi connectivity index (χ0) is 12.3. The van der Waals surface area contributed by atoms with E-state index in [2.05, 4.69) is 13.0 Å². The molecular weight excluding hydrogens is 250 g/mol. The van der Waals surface area contributed by atoms with E-state index in [0.29, 0.717) is 5.25 Å². The van der Waals surface area contributed by atoms with Crippen LogP contribution >= 0.6 is 23.4 Å². The van der Waals surface area contributed by atoms with Crippen LogP contribution in [0, 0.1) is 17.2 Å². The maximum Gasteiger partial charge on any atom is 0.100 e. The van der Waals surface area contributed by atoms with Gasteiger partial charge >= 0.3 is 0 Å². The average Bonchev–Trinajstić information content (AvgIpc) is 2.29. The van der Waals surface area contributed by atoms with Crippen molar-refractivity contribution in [3.05, 3.63) is 28.8 Å². The van der Waals surface area contributed by atoms with Crippen molar-refractivity contribution in [2.45, 2.75) is 42.8 Å². The molecule has 1 aliphatic rings. The second-order valence-corrected chi connectivity index (χ2v) is 6.54. The molecule has 3 heteroatoms. The molecule has 0 saturated heterocycles. The molecule has 0 radical (unpaired) electrons. The van der Waals surface area contributed by atoms with E-state index in [1.165, 1.54) is 25.7 Å². The van der Waals surface area contributed by atoms with Crippen molar-refractivity contribution in [3.63, 3.8) is 0 Å². The summed E-state index contributed by atoms with van der Waals surface area (Å²) in [6.45, 7) is 2.32. The molecule has 0 heterocycles. The normalized spacial score (nSPS) is 24.3. The molecule has 0 aromatic heterocycles. The van der Waals surface area contributed by atoms with Crippen LogP contribution < -0.4 is 0 Å². The predicted molar refractivity (Wildman–Crippen MR) is 73.4 cm³/mol. The first kappa shape index (κ1) is 12.8. The van der Waals surface area contributed by atoms with Crippen molar-refractivity contribution in [2.24, 2.45) is 5.92 Å². The van der Waals surface area contributed by atoms with Crippen LogP contribution in [0.4, 0.5) is 0 Å². The van der Waals surface area contributed by atoms with E-state index < -0.39 is 0 Å². The molecular formula is C14H16ClNS. The molecule has 1 aliphatic carbocycles. The lowest BCUT2D eigenvalue weighted by atomic mass is 9.91. The van der Waals surface area contributed by atoms with Gasteiger partial charge in [0, 0.05) is 15.2 Å². The van der Waals surface area contributed by atoms with Gasteiger partial charge in [0.25, 0.3) is 0 Å². The predicted octanol–water partition coefficient (Wildman–Crippen LogP) is 4.88.